The molecule has 0 radical (unpaired) electrons. The van der Waals surface area contributed by atoms with Crippen LogP contribution in [0.5, 0.6) is 0 Å². The van der Waals surface area contributed by atoms with Gasteiger partial charge in [0.05, 0.1) is 19.8 Å². The molecule has 1 fully saturated rings. The standard InChI is InChI=1S/C14H29NO3/c1-13(2)10-15-11-14(5-7-18-12-14)4-6-17-9-8-16-3/h13,15H,4-12H2,1-3H3. The number of ether oxygens (including phenoxy) is 3. The maximum absolute atomic E-state index is 5.58. The van der Waals surface area contributed by atoms with Crippen LogP contribution in [-0.4, -0.2) is 53.2 Å². The molecule has 0 amide bonds. The zero-order chi connectivity index (χ0) is 13.3. The molecule has 0 saturated carbocycles. The number of hydrogen-bond acceptors (Lipinski definition) is 4. The van der Waals surface area contributed by atoms with Crippen molar-refractivity contribution < 1.29 is 14.2 Å². The van der Waals surface area contributed by atoms with E-state index in [4.69, 9.17) is 14.2 Å². The minimum Gasteiger partial charge on any atom is -0.382 e. The third-order valence-corrected chi connectivity index (χ3v) is 3.45. The molecule has 0 bridgehead atoms. The maximum Gasteiger partial charge on any atom is 0.0700 e. The minimum atomic E-state index is 0.280. The molecule has 1 unspecified atom stereocenters. The van der Waals surface area contributed by atoms with Crippen LogP contribution >= 0.6 is 0 Å². The first-order valence-electron chi connectivity index (χ1n) is 7.04. The Morgan fingerprint density at radius 3 is 2.72 bits per heavy atom. The summed E-state index contributed by atoms with van der Waals surface area (Å²) in [7, 11) is 1.70. The lowest BCUT2D eigenvalue weighted by Crippen LogP contribution is -2.37. The summed E-state index contributed by atoms with van der Waals surface area (Å²) in [5.74, 6) is 0.697. The summed E-state index contributed by atoms with van der Waals surface area (Å²) in [6.07, 6.45) is 2.22. The van der Waals surface area contributed by atoms with Crippen molar-refractivity contribution in [2.45, 2.75) is 26.7 Å². The summed E-state index contributed by atoms with van der Waals surface area (Å²) in [4.78, 5) is 0. The summed E-state index contributed by atoms with van der Waals surface area (Å²) in [5.41, 5.74) is 0.280. The first-order valence-corrected chi connectivity index (χ1v) is 7.04. The van der Waals surface area contributed by atoms with Crippen molar-refractivity contribution in [2.24, 2.45) is 11.3 Å². The number of nitrogens with one attached hydrogen (secondary N) is 1. The Morgan fingerprint density at radius 2 is 2.11 bits per heavy atom. The summed E-state index contributed by atoms with van der Waals surface area (Å²) in [6.45, 7) is 10.5. The molecule has 0 aliphatic carbocycles. The predicted molar refractivity (Wildman–Crippen MR) is 72.9 cm³/mol. The lowest BCUT2D eigenvalue weighted by molar-refractivity contribution is 0.0466. The van der Waals surface area contributed by atoms with Gasteiger partial charge in [0.1, 0.15) is 0 Å². The molecule has 1 atom stereocenters. The predicted octanol–water partition coefficient (Wildman–Crippen LogP) is 1.69. The third kappa shape index (κ3) is 6.14. The van der Waals surface area contributed by atoms with E-state index in [2.05, 4.69) is 19.2 Å². The normalized spacial score (nSPS) is 24.0. The van der Waals surface area contributed by atoms with Crippen LogP contribution in [0, 0.1) is 11.3 Å². The highest BCUT2D eigenvalue weighted by atomic mass is 16.5. The lowest BCUT2D eigenvalue weighted by atomic mass is 9.84. The van der Waals surface area contributed by atoms with Crippen molar-refractivity contribution >= 4 is 0 Å². The van der Waals surface area contributed by atoms with Crippen LogP contribution in [0.1, 0.15) is 26.7 Å². The Hall–Kier alpha value is -0.160. The molecular weight excluding hydrogens is 230 g/mol. The van der Waals surface area contributed by atoms with Crippen LogP contribution in [0.4, 0.5) is 0 Å². The van der Waals surface area contributed by atoms with E-state index in [0.717, 1.165) is 45.8 Å². The van der Waals surface area contributed by atoms with Gasteiger partial charge in [-0.3, -0.25) is 0 Å². The molecule has 1 saturated heterocycles. The van der Waals surface area contributed by atoms with Crippen molar-refractivity contribution in [3.05, 3.63) is 0 Å². The summed E-state index contributed by atoms with van der Waals surface area (Å²) in [6, 6.07) is 0. The Morgan fingerprint density at radius 1 is 1.28 bits per heavy atom. The smallest absolute Gasteiger partial charge is 0.0700 e. The van der Waals surface area contributed by atoms with Crippen molar-refractivity contribution in [2.75, 3.05) is 53.2 Å². The Labute approximate surface area is 111 Å². The van der Waals surface area contributed by atoms with Crippen molar-refractivity contribution in [1.82, 2.24) is 5.32 Å². The molecule has 18 heavy (non-hydrogen) atoms. The summed E-state index contributed by atoms with van der Waals surface area (Å²) < 4.78 is 16.1. The van der Waals surface area contributed by atoms with Gasteiger partial charge < -0.3 is 19.5 Å². The second kappa shape index (κ2) is 8.86. The zero-order valence-corrected chi connectivity index (χ0v) is 12.2. The Kier molecular flexibility index (Phi) is 7.82. The topological polar surface area (TPSA) is 39.7 Å². The van der Waals surface area contributed by atoms with Crippen LogP contribution < -0.4 is 5.32 Å². The quantitative estimate of drug-likeness (QED) is 0.606. The highest BCUT2D eigenvalue weighted by Crippen LogP contribution is 2.31. The van der Waals surface area contributed by atoms with Crippen LogP contribution in [0.15, 0.2) is 0 Å². The van der Waals surface area contributed by atoms with Gasteiger partial charge in [-0.1, -0.05) is 13.8 Å². The molecular formula is C14H29NO3. The molecule has 1 heterocycles. The molecule has 4 heteroatoms. The fourth-order valence-electron chi connectivity index (χ4n) is 2.23. The minimum absolute atomic E-state index is 0.280. The Bertz CT molecular complexity index is 203. The van der Waals surface area contributed by atoms with Crippen LogP contribution in [0.2, 0.25) is 0 Å². The third-order valence-electron chi connectivity index (χ3n) is 3.45. The van der Waals surface area contributed by atoms with Gasteiger partial charge in [-0.05, 0) is 25.3 Å². The van der Waals surface area contributed by atoms with E-state index in [-0.39, 0.29) is 5.41 Å². The van der Waals surface area contributed by atoms with E-state index in [9.17, 15) is 0 Å². The van der Waals surface area contributed by atoms with Crippen molar-refractivity contribution in [3.63, 3.8) is 0 Å². The van der Waals surface area contributed by atoms with E-state index >= 15 is 0 Å². The van der Waals surface area contributed by atoms with E-state index < -0.39 is 0 Å². The van der Waals surface area contributed by atoms with Gasteiger partial charge in [0.15, 0.2) is 0 Å². The first-order chi connectivity index (χ1) is 8.68. The van der Waals surface area contributed by atoms with Crippen molar-refractivity contribution in [1.29, 1.82) is 0 Å². The highest BCUT2D eigenvalue weighted by Gasteiger charge is 2.34. The average Bonchev–Trinajstić information content (AvgIpc) is 2.77. The van der Waals surface area contributed by atoms with Gasteiger partial charge in [-0.15, -0.1) is 0 Å². The second-order valence-electron chi connectivity index (χ2n) is 5.68. The molecule has 0 spiro atoms. The number of rotatable bonds is 10. The van der Waals surface area contributed by atoms with E-state index in [1.54, 1.807) is 7.11 Å². The second-order valence-corrected chi connectivity index (χ2v) is 5.68. The fourth-order valence-corrected chi connectivity index (χ4v) is 2.23. The summed E-state index contributed by atoms with van der Waals surface area (Å²) >= 11 is 0. The van der Waals surface area contributed by atoms with Gasteiger partial charge in [0.2, 0.25) is 0 Å². The summed E-state index contributed by atoms with van der Waals surface area (Å²) in [5, 5.41) is 3.56. The van der Waals surface area contributed by atoms with Crippen LogP contribution in [-0.2, 0) is 14.2 Å². The molecule has 1 aliphatic heterocycles. The maximum atomic E-state index is 5.58. The van der Waals surface area contributed by atoms with Gasteiger partial charge >= 0.3 is 0 Å². The van der Waals surface area contributed by atoms with Crippen LogP contribution in [0.3, 0.4) is 0 Å². The number of methoxy groups -OCH3 is 1. The monoisotopic (exact) mass is 259 g/mol. The Balaban J connectivity index is 2.20. The molecule has 4 nitrogen and oxygen atoms in total. The number of hydrogen-bond donors (Lipinski definition) is 1. The molecule has 1 N–H and O–H groups in total. The van der Waals surface area contributed by atoms with E-state index in [1.165, 1.54) is 0 Å². The fraction of sp³-hybridized carbons (Fsp3) is 1.00. The zero-order valence-electron chi connectivity index (χ0n) is 12.2. The van der Waals surface area contributed by atoms with Crippen LogP contribution in [0.25, 0.3) is 0 Å². The molecule has 0 aromatic rings. The average molecular weight is 259 g/mol. The molecule has 1 aliphatic rings. The highest BCUT2D eigenvalue weighted by molar-refractivity contribution is 4.85. The SMILES string of the molecule is COCCOCCC1(CNCC(C)C)CCOC1. The first kappa shape index (κ1) is 15.9. The van der Waals surface area contributed by atoms with E-state index in [1.807, 2.05) is 0 Å². The van der Waals surface area contributed by atoms with Crippen molar-refractivity contribution in [3.8, 4) is 0 Å². The van der Waals surface area contributed by atoms with Gasteiger partial charge in [0, 0.05) is 32.3 Å². The van der Waals surface area contributed by atoms with E-state index in [0.29, 0.717) is 19.1 Å². The van der Waals surface area contributed by atoms with Gasteiger partial charge in [-0.25, -0.2) is 0 Å². The van der Waals surface area contributed by atoms with Gasteiger partial charge in [0.25, 0.3) is 0 Å². The molecule has 1 rings (SSSR count). The van der Waals surface area contributed by atoms with Gasteiger partial charge in [-0.2, -0.15) is 0 Å². The lowest BCUT2D eigenvalue weighted by Gasteiger charge is -2.28. The molecule has 0 aromatic heterocycles. The largest absolute Gasteiger partial charge is 0.382 e. The molecule has 0 aromatic carbocycles. The molecule has 108 valence electrons.